The third-order valence-corrected chi connectivity index (χ3v) is 10.0. The molecule has 214 valence electrons. The van der Waals surface area contributed by atoms with Gasteiger partial charge in [0.1, 0.15) is 11.9 Å². The van der Waals surface area contributed by atoms with Crippen molar-refractivity contribution in [3.8, 4) is 0 Å². The van der Waals surface area contributed by atoms with Crippen molar-refractivity contribution in [3.63, 3.8) is 0 Å². The second-order valence-electron chi connectivity index (χ2n) is 10.8. The molecule has 0 bridgehead atoms. The molecule has 0 aliphatic carbocycles. The molecule has 6 rings (SSSR count). The van der Waals surface area contributed by atoms with Crippen LogP contribution in [0.5, 0.6) is 0 Å². The predicted molar refractivity (Wildman–Crippen MR) is 152 cm³/mol. The predicted octanol–water partition coefficient (Wildman–Crippen LogP) is 2.32. The van der Waals surface area contributed by atoms with Gasteiger partial charge < -0.3 is 14.7 Å². The molecule has 3 heterocycles. The van der Waals surface area contributed by atoms with Crippen LogP contribution in [0.2, 0.25) is 0 Å². The Morgan fingerprint density at radius 3 is 2.34 bits per heavy atom. The van der Waals surface area contributed by atoms with Gasteiger partial charge in [0, 0.05) is 64.5 Å². The molecule has 2 fully saturated rings. The first-order valence-corrected chi connectivity index (χ1v) is 14.9. The third-order valence-electron chi connectivity index (χ3n) is 8.12. The van der Waals surface area contributed by atoms with Gasteiger partial charge in [-0.1, -0.05) is 12.1 Å². The molecular weight excluding hydrogens is 549 g/mol. The van der Waals surface area contributed by atoms with Crippen molar-refractivity contribution in [1.82, 2.24) is 14.5 Å². The summed E-state index contributed by atoms with van der Waals surface area (Å²) in [5.74, 6) is -1.91. The van der Waals surface area contributed by atoms with E-state index < -0.39 is 33.7 Å². The molecule has 0 radical (unpaired) electrons. The Morgan fingerprint density at radius 1 is 0.927 bits per heavy atom. The number of fused-ring (bicyclic) bond motifs is 2. The van der Waals surface area contributed by atoms with Crippen LogP contribution in [0.4, 0.5) is 15.8 Å². The number of carbonyl (C=O) groups is 3. The van der Waals surface area contributed by atoms with Crippen LogP contribution >= 0.6 is 0 Å². The van der Waals surface area contributed by atoms with Gasteiger partial charge in [0.25, 0.3) is 5.91 Å². The number of sulfonamides is 1. The number of nitrogens with one attached hydrogen (secondary N) is 1. The first kappa shape index (κ1) is 27.2. The second-order valence-corrected chi connectivity index (χ2v) is 12.8. The first-order valence-electron chi connectivity index (χ1n) is 13.5. The van der Waals surface area contributed by atoms with Crippen LogP contribution in [0, 0.1) is 5.82 Å². The van der Waals surface area contributed by atoms with Crippen molar-refractivity contribution in [2.75, 3.05) is 50.1 Å². The van der Waals surface area contributed by atoms with Crippen LogP contribution < -0.4 is 15.1 Å². The van der Waals surface area contributed by atoms with E-state index in [4.69, 9.17) is 0 Å². The zero-order valence-electron chi connectivity index (χ0n) is 22.8. The summed E-state index contributed by atoms with van der Waals surface area (Å²) >= 11 is 0. The molecule has 10 nitrogen and oxygen atoms in total. The highest BCUT2D eigenvalue weighted by Crippen LogP contribution is 2.33. The lowest BCUT2D eigenvalue weighted by molar-refractivity contribution is -0.136. The first-order chi connectivity index (χ1) is 19.5. The summed E-state index contributed by atoms with van der Waals surface area (Å²) in [5, 5.41) is 4.04. The normalized spacial score (nSPS) is 20.0. The lowest BCUT2D eigenvalue weighted by Gasteiger charge is -2.35. The van der Waals surface area contributed by atoms with Gasteiger partial charge in [-0.3, -0.25) is 19.7 Å². The summed E-state index contributed by atoms with van der Waals surface area (Å²) in [6, 6.07) is 13.0. The van der Waals surface area contributed by atoms with Gasteiger partial charge in [-0.05, 0) is 59.2 Å². The third kappa shape index (κ3) is 4.80. The van der Waals surface area contributed by atoms with Crippen molar-refractivity contribution >= 4 is 49.9 Å². The number of halogens is 1. The van der Waals surface area contributed by atoms with Crippen LogP contribution in [-0.2, 0) is 26.2 Å². The number of carbonyl (C=O) groups excluding carboxylic acids is 3. The molecule has 3 aromatic rings. The van der Waals surface area contributed by atoms with Gasteiger partial charge in [0.2, 0.25) is 21.8 Å². The lowest BCUT2D eigenvalue weighted by Crippen LogP contribution is -2.52. The van der Waals surface area contributed by atoms with Crippen LogP contribution in [0.1, 0.15) is 28.8 Å². The monoisotopic (exact) mass is 579 g/mol. The van der Waals surface area contributed by atoms with E-state index in [0.29, 0.717) is 11.3 Å². The molecule has 3 aliphatic rings. The van der Waals surface area contributed by atoms with Crippen molar-refractivity contribution in [2.24, 2.45) is 0 Å². The molecule has 41 heavy (non-hydrogen) atoms. The van der Waals surface area contributed by atoms with E-state index in [-0.39, 0.29) is 61.9 Å². The fourth-order valence-corrected chi connectivity index (χ4v) is 7.24. The molecule has 2 saturated heterocycles. The molecule has 1 N–H and O–H groups in total. The zero-order chi connectivity index (χ0) is 29.1. The molecule has 0 aromatic heterocycles. The highest BCUT2D eigenvalue weighted by Gasteiger charge is 2.40. The number of hydrogen-bond acceptors (Lipinski definition) is 7. The van der Waals surface area contributed by atoms with Crippen LogP contribution in [0.25, 0.3) is 10.8 Å². The number of benzene rings is 3. The number of amides is 3. The van der Waals surface area contributed by atoms with E-state index in [9.17, 15) is 22.8 Å². The fourth-order valence-electron chi connectivity index (χ4n) is 5.79. The summed E-state index contributed by atoms with van der Waals surface area (Å²) < 4.78 is 43.6. The number of nitrogens with zero attached hydrogens (tertiary/aromatic N) is 4. The van der Waals surface area contributed by atoms with Crippen LogP contribution in [0.15, 0.2) is 53.4 Å². The smallest absolute Gasteiger partial charge is 0.255 e. The standard InChI is InChI=1S/C29H30FN5O5S/c1-32(2)21-5-3-19-14-22(6-4-18(19)13-21)41(39,40)34-11-9-33(10-12-34)26-15-20-17-35(29(38)23(20)16-24(26)30)25-7-8-27(36)31-28(25)37/h3-6,13-16,25H,7-12,17H2,1-2H3,(H,31,36,37). The van der Waals surface area contributed by atoms with Crippen LogP contribution in [-0.4, -0.2) is 81.7 Å². The van der Waals surface area contributed by atoms with Crippen molar-refractivity contribution in [2.45, 2.75) is 30.3 Å². The highest BCUT2D eigenvalue weighted by atomic mass is 32.2. The number of rotatable bonds is 5. The molecule has 1 unspecified atom stereocenters. The Morgan fingerprint density at radius 2 is 1.63 bits per heavy atom. The Bertz CT molecular complexity index is 1700. The van der Waals surface area contributed by atoms with Crippen LogP contribution in [0.3, 0.4) is 0 Å². The molecular formula is C29H30FN5O5S. The molecule has 12 heteroatoms. The van der Waals surface area contributed by atoms with Crippen molar-refractivity contribution in [1.29, 1.82) is 0 Å². The maximum Gasteiger partial charge on any atom is 0.255 e. The highest BCUT2D eigenvalue weighted by molar-refractivity contribution is 7.89. The largest absolute Gasteiger partial charge is 0.378 e. The van der Waals surface area contributed by atoms with Crippen molar-refractivity contribution < 1.29 is 27.2 Å². The maximum absolute atomic E-state index is 15.3. The summed E-state index contributed by atoms with van der Waals surface area (Å²) in [4.78, 5) is 42.2. The number of piperazine rings is 1. The molecule has 3 aromatic carbocycles. The van der Waals surface area contributed by atoms with E-state index in [1.165, 1.54) is 15.3 Å². The number of hydrogen-bond donors (Lipinski definition) is 1. The molecule has 3 aliphatic heterocycles. The van der Waals surface area contributed by atoms with E-state index in [1.54, 1.807) is 23.1 Å². The van der Waals surface area contributed by atoms with E-state index in [2.05, 4.69) is 5.32 Å². The summed E-state index contributed by atoms with van der Waals surface area (Å²) in [6.07, 6.45) is 0.365. The second kappa shape index (κ2) is 10.1. The molecule has 0 spiro atoms. The molecule has 1 atom stereocenters. The molecule has 3 amide bonds. The fraction of sp³-hybridized carbons (Fsp3) is 0.345. The van der Waals surface area contributed by atoms with Gasteiger partial charge in [0.15, 0.2) is 0 Å². The minimum absolute atomic E-state index is 0.139. The average Bonchev–Trinajstić information content (AvgIpc) is 3.26. The van der Waals surface area contributed by atoms with Crippen molar-refractivity contribution in [3.05, 3.63) is 65.5 Å². The topological polar surface area (TPSA) is 110 Å². The Labute approximate surface area is 237 Å². The summed E-state index contributed by atoms with van der Waals surface area (Å²) in [5.41, 5.74) is 2.11. The minimum Gasteiger partial charge on any atom is -0.378 e. The van der Waals surface area contributed by atoms with Gasteiger partial charge >= 0.3 is 0 Å². The quantitative estimate of drug-likeness (QED) is 0.462. The summed E-state index contributed by atoms with van der Waals surface area (Å²) in [7, 11) is 0.145. The van der Waals surface area contributed by atoms with Gasteiger partial charge in [-0.25, -0.2) is 12.8 Å². The SMILES string of the molecule is CN(C)c1ccc2cc(S(=O)(=O)N3CCN(c4cc5c(cc4F)C(=O)N(C4CCC(=O)NC4=O)C5)CC3)ccc2c1. The van der Waals surface area contributed by atoms with E-state index >= 15 is 4.39 Å². The van der Waals surface area contributed by atoms with E-state index in [0.717, 1.165) is 16.5 Å². The minimum atomic E-state index is -3.75. The average molecular weight is 580 g/mol. The van der Waals surface area contributed by atoms with E-state index in [1.807, 2.05) is 43.3 Å². The number of anilines is 2. The lowest BCUT2D eigenvalue weighted by atomic mass is 10.0. The molecule has 0 saturated carbocycles. The zero-order valence-corrected chi connectivity index (χ0v) is 23.6. The number of imide groups is 1. The summed E-state index contributed by atoms with van der Waals surface area (Å²) in [6.45, 7) is 1.05. The Kier molecular flexibility index (Phi) is 6.69. The van der Waals surface area contributed by atoms with Gasteiger partial charge in [-0.2, -0.15) is 4.31 Å². The number of piperidine rings is 1. The maximum atomic E-state index is 15.3. The Hall–Kier alpha value is -4.03. The van der Waals surface area contributed by atoms with Gasteiger partial charge in [-0.15, -0.1) is 0 Å². The van der Waals surface area contributed by atoms with Gasteiger partial charge in [0.05, 0.1) is 10.6 Å². The Balaban J connectivity index is 1.16.